The fourth-order valence-corrected chi connectivity index (χ4v) is 1.82. The standard InChI is InChI=1S/C15H13ClO2/c1-11-6-8-13(9-7-11)18-10-12-4-2-3-5-14(12)15(16)17/h2-9H,10H2,1H3. The third kappa shape index (κ3) is 3.11. The van der Waals surface area contributed by atoms with E-state index in [4.69, 9.17) is 16.3 Å². The SMILES string of the molecule is Cc1ccc(OCc2ccccc2C(=O)Cl)cc1. The lowest BCUT2D eigenvalue weighted by atomic mass is 10.1. The summed E-state index contributed by atoms with van der Waals surface area (Å²) < 4.78 is 5.63. The molecule has 0 saturated carbocycles. The molecule has 92 valence electrons. The Morgan fingerprint density at radius 2 is 1.78 bits per heavy atom. The van der Waals surface area contributed by atoms with Gasteiger partial charge >= 0.3 is 0 Å². The zero-order valence-electron chi connectivity index (χ0n) is 10.0. The molecule has 0 atom stereocenters. The minimum Gasteiger partial charge on any atom is -0.489 e. The molecule has 18 heavy (non-hydrogen) atoms. The second-order valence-electron chi connectivity index (χ2n) is 4.03. The van der Waals surface area contributed by atoms with E-state index in [1.54, 1.807) is 12.1 Å². The van der Waals surface area contributed by atoms with E-state index in [9.17, 15) is 4.79 Å². The van der Waals surface area contributed by atoms with Crippen molar-refractivity contribution in [1.82, 2.24) is 0 Å². The first-order valence-corrected chi connectivity index (χ1v) is 6.02. The molecule has 2 nitrogen and oxygen atoms in total. The Morgan fingerprint density at radius 3 is 2.44 bits per heavy atom. The van der Waals surface area contributed by atoms with Gasteiger partial charge in [0.15, 0.2) is 0 Å². The summed E-state index contributed by atoms with van der Waals surface area (Å²) in [7, 11) is 0. The smallest absolute Gasteiger partial charge is 0.252 e. The van der Waals surface area contributed by atoms with Gasteiger partial charge in [0.05, 0.1) is 0 Å². The first-order chi connectivity index (χ1) is 8.66. The summed E-state index contributed by atoms with van der Waals surface area (Å²) >= 11 is 5.52. The lowest BCUT2D eigenvalue weighted by molar-refractivity contribution is 0.107. The highest BCUT2D eigenvalue weighted by Gasteiger charge is 2.08. The van der Waals surface area contributed by atoms with Crippen LogP contribution in [0.1, 0.15) is 21.5 Å². The van der Waals surface area contributed by atoms with Crippen LogP contribution in [0, 0.1) is 6.92 Å². The largest absolute Gasteiger partial charge is 0.489 e. The molecule has 0 N–H and O–H groups in total. The Kier molecular flexibility index (Phi) is 4.00. The highest BCUT2D eigenvalue weighted by molar-refractivity contribution is 6.67. The fourth-order valence-electron chi connectivity index (χ4n) is 1.63. The molecular formula is C15H13ClO2. The van der Waals surface area contributed by atoms with Crippen LogP contribution >= 0.6 is 11.6 Å². The van der Waals surface area contributed by atoms with Crippen LogP contribution in [-0.4, -0.2) is 5.24 Å². The van der Waals surface area contributed by atoms with Gasteiger partial charge in [0, 0.05) is 11.1 Å². The number of halogens is 1. The van der Waals surface area contributed by atoms with E-state index in [1.165, 1.54) is 5.56 Å². The zero-order chi connectivity index (χ0) is 13.0. The van der Waals surface area contributed by atoms with Gasteiger partial charge in [0.1, 0.15) is 12.4 Å². The van der Waals surface area contributed by atoms with Gasteiger partial charge in [-0.15, -0.1) is 0 Å². The molecule has 2 rings (SSSR count). The minimum absolute atomic E-state index is 0.331. The van der Waals surface area contributed by atoms with Gasteiger partial charge in [-0.1, -0.05) is 35.9 Å². The summed E-state index contributed by atoms with van der Waals surface area (Å²) in [5, 5.41) is -0.460. The summed E-state index contributed by atoms with van der Waals surface area (Å²) in [4.78, 5) is 11.2. The maximum absolute atomic E-state index is 11.2. The average Bonchev–Trinajstić information content (AvgIpc) is 2.38. The molecule has 0 spiro atoms. The Hall–Kier alpha value is -1.80. The molecule has 0 fully saturated rings. The molecule has 0 aliphatic carbocycles. The number of benzene rings is 2. The highest BCUT2D eigenvalue weighted by atomic mass is 35.5. The van der Waals surface area contributed by atoms with Crippen LogP contribution in [0.2, 0.25) is 0 Å². The van der Waals surface area contributed by atoms with Crippen LogP contribution in [0.3, 0.4) is 0 Å². The van der Waals surface area contributed by atoms with Crippen molar-refractivity contribution < 1.29 is 9.53 Å². The van der Waals surface area contributed by atoms with E-state index in [0.29, 0.717) is 12.2 Å². The number of carbonyl (C=O) groups excluding carboxylic acids is 1. The number of hydrogen-bond acceptors (Lipinski definition) is 2. The van der Waals surface area contributed by atoms with Gasteiger partial charge in [0.25, 0.3) is 5.24 Å². The highest BCUT2D eigenvalue weighted by Crippen LogP contribution is 2.17. The molecule has 0 aliphatic rings. The first-order valence-electron chi connectivity index (χ1n) is 5.64. The van der Waals surface area contributed by atoms with Crippen molar-refractivity contribution in [2.45, 2.75) is 13.5 Å². The van der Waals surface area contributed by atoms with Crippen molar-refractivity contribution in [3.05, 3.63) is 65.2 Å². The van der Waals surface area contributed by atoms with Crippen LogP contribution in [0.5, 0.6) is 5.75 Å². The van der Waals surface area contributed by atoms with Gasteiger partial charge in [-0.05, 0) is 36.7 Å². The first kappa shape index (κ1) is 12.7. The fraction of sp³-hybridized carbons (Fsp3) is 0.133. The maximum atomic E-state index is 11.2. The second-order valence-corrected chi connectivity index (χ2v) is 4.38. The van der Waals surface area contributed by atoms with Crippen LogP contribution in [0.15, 0.2) is 48.5 Å². The predicted octanol–water partition coefficient (Wildman–Crippen LogP) is 3.95. The van der Waals surface area contributed by atoms with E-state index in [-0.39, 0.29) is 0 Å². The number of carbonyl (C=O) groups is 1. The van der Waals surface area contributed by atoms with Gasteiger partial charge in [-0.3, -0.25) is 4.79 Å². The summed E-state index contributed by atoms with van der Waals surface area (Å²) in [5.41, 5.74) is 2.46. The number of ether oxygens (including phenoxy) is 1. The van der Waals surface area contributed by atoms with Gasteiger partial charge in [0.2, 0.25) is 0 Å². The molecule has 0 bridgehead atoms. The second kappa shape index (κ2) is 5.69. The predicted molar refractivity (Wildman–Crippen MR) is 72.1 cm³/mol. The van der Waals surface area contributed by atoms with Crippen LogP contribution in [-0.2, 0) is 6.61 Å². The maximum Gasteiger partial charge on any atom is 0.252 e. The molecule has 0 aromatic heterocycles. The van der Waals surface area contributed by atoms with Crippen LogP contribution in [0.4, 0.5) is 0 Å². The van der Waals surface area contributed by atoms with Crippen molar-refractivity contribution in [2.75, 3.05) is 0 Å². The monoisotopic (exact) mass is 260 g/mol. The Morgan fingerprint density at radius 1 is 1.11 bits per heavy atom. The molecule has 2 aromatic carbocycles. The van der Waals surface area contributed by atoms with E-state index in [2.05, 4.69) is 0 Å². The molecule has 0 radical (unpaired) electrons. The molecule has 0 amide bonds. The summed E-state index contributed by atoms with van der Waals surface area (Å²) in [6, 6.07) is 14.9. The van der Waals surface area contributed by atoms with E-state index in [0.717, 1.165) is 11.3 Å². The lowest BCUT2D eigenvalue weighted by Gasteiger charge is -2.08. The van der Waals surface area contributed by atoms with Crippen molar-refractivity contribution in [3.63, 3.8) is 0 Å². The number of rotatable bonds is 4. The van der Waals surface area contributed by atoms with Crippen molar-refractivity contribution in [2.24, 2.45) is 0 Å². The van der Waals surface area contributed by atoms with E-state index < -0.39 is 5.24 Å². The van der Waals surface area contributed by atoms with E-state index >= 15 is 0 Å². The molecule has 0 aliphatic heterocycles. The van der Waals surface area contributed by atoms with Crippen molar-refractivity contribution in [3.8, 4) is 5.75 Å². The normalized spacial score (nSPS) is 10.1. The Bertz CT molecular complexity index is 547. The lowest BCUT2D eigenvalue weighted by Crippen LogP contribution is -2.02. The number of hydrogen-bond donors (Lipinski definition) is 0. The Labute approximate surface area is 111 Å². The van der Waals surface area contributed by atoms with Crippen LogP contribution in [0.25, 0.3) is 0 Å². The van der Waals surface area contributed by atoms with Gasteiger partial charge < -0.3 is 4.74 Å². The van der Waals surface area contributed by atoms with Crippen molar-refractivity contribution >= 4 is 16.8 Å². The summed E-state index contributed by atoms with van der Waals surface area (Å²) in [6.45, 7) is 2.35. The number of aryl methyl sites for hydroxylation is 1. The Balaban J connectivity index is 2.10. The van der Waals surface area contributed by atoms with Gasteiger partial charge in [-0.25, -0.2) is 0 Å². The van der Waals surface area contributed by atoms with E-state index in [1.807, 2.05) is 43.3 Å². The third-order valence-corrected chi connectivity index (χ3v) is 2.85. The summed E-state index contributed by atoms with van der Waals surface area (Å²) in [6.07, 6.45) is 0. The molecule has 0 unspecified atom stereocenters. The average molecular weight is 261 g/mol. The minimum atomic E-state index is -0.460. The zero-order valence-corrected chi connectivity index (χ0v) is 10.8. The molecule has 0 saturated heterocycles. The topological polar surface area (TPSA) is 26.3 Å². The third-order valence-electron chi connectivity index (χ3n) is 2.64. The van der Waals surface area contributed by atoms with Crippen LogP contribution < -0.4 is 4.74 Å². The quantitative estimate of drug-likeness (QED) is 0.778. The van der Waals surface area contributed by atoms with Crippen molar-refractivity contribution in [1.29, 1.82) is 0 Å². The van der Waals surface area contributed by atoms with Gasteiger partial charge in [-0.2, -0.15) is 0 Å². The molecule has 0 heterocycles. The molecular weight excluding hydrogens is 248 g/mol. The summed E-state index contributed by atoms with van der Waals surface area (Å²) in [5.74, 6) is 0.775. The molecule has 3 heteroatoms. The molecule has 2 aromatic rings.